The number of piperidine rings is 1. The molecule has 2 rings (SSSR count). The molecule has 130 valence electrons. The number of allylic oxidation sites excluding steroid dienone is 2. The molecule has 0 aliphatic carbocycles. The van der Waals surface area contributed by atoms with E-state index in [1.54, 1.807) is 29.2 Å². The molecule has 0 spiro atoms. The highest BCUT2D eigenvalue weighted by Gasteiger charge is 2.42. The molecule has 5 heteroatoms. The lowest BCUT2D eigenvalue weighted by Crippen LogP contribution is -2.49. The highest BCUT2D eigenvalue weighted by Crippen LogP contribution is 2.35. The highest BCUT2D eigenvalue weighted by molar-refractivity contribution is 5.94. The molecule has 1 aromatic rings. The van der Waals surface area contributed by atoms with Crippen LogP contribution in [0.15, 0.2) is 35.9 Å². The van der Waals surface area contributed by atoms with E-state index in [4.69, 9.17) is 5.11 Å². The molecule has 0 bridgehead atoms. The van der Waals surface area contributed by atoms with Crippen LogP contribution < -0.4 is 0 Å². The number of hydrogen-bond acceptors (Lipinski definition) is 3. The van der Waals surface area contributed by atoms with Crippen molar-refractivity contribution >= 4 is 11.9 Å². The molecule has 1 amide bonds. The number of benzene rings is 1. The van der Waals surface area contributed by atoms with E-state index in [1.807, 2.05) is 19.9 Å². The molecule has 0 radical (unpaired) electrons. The van der Waals surface area contributed by atoms with Gasteiger partial charge in [0.1, 0.15) is 0 Å². The quantitative estimate of drug-likeness (QED) is 0.813. The zero-order chi connectivity index (χ0) is 17.7. The number of carbonyl (C=O) groups is 2. The van der Waals surface area contributed by atoms with Crippen molar-refractivity contribution < 1.29 is 19.8 Å². The predicted molar refractivity (Wildman–Crippen MR) is 91.6 cm³/mol. The maximum atomic E-state index is 12.7. The Morgan fingerprint density at radius 1 is 1.25 bits per heavy atom. The minimum absolute atomic E-state index is 0.0665. The van der Waals surface area contributed by atoms with Crippen LogP contribution in [-0.4, -0.2) is 40.1 Å². The summed E-state index contributed by atoms with van der Waals surface area (Å²) in [6, 6.07) is 6.79. The van der Waals surface area contributed by atoms with Crippen molar-refractivity contribution in [3.8, 4) is 0 Å². The Bertz CT molecular complexity index is 631. The number of amides is 1. The van der Waals surface area contributed by atoms with Gasteiger partial charge in [-0.1, -0.05) is 23.8 Å². The number of aliphatic hydroxyl groups is 1. The average molecular weight is 331 g/mol. The van der Waals surface area contributed by atoms with E-state index in [-0.39, 0.29) is 19.1 Å². The largest absolute Gasteiger partial charge is 0.481 e. The third kappa shape index (κ3) is 4.03. The van der Waals surface area contributed by atoms with Gasteiger partial charge < -0.3 is 15.1 Å². The van der Waals surface area contributed by atoms with Crippen molar-refractivity contribution in [2.45, 2.75) is 39.7 Å². The Kier molecular flexibility index (Phi) is 5.78. The van der Waals surface area contributed by atoms with Crippen LogP contribution in [0.1, 0.15) is 49.0 Å². The second kappa shape index (κ2) is 7.62. The minimum Gasteiger partial charge on any atom is -0.481 e. The SMILES string of the molecule is CC(C)=CC[C@]1(C(=O)O)CCCN(C(=O)c2ccc(CO)cc2)C1. The molecule has 1 saturated heterocycles. The molecule has 1 aliphatic heterocycles. The Balaban J connectivity index is 2.19. The summed E-state index contributed by atoms with van der Waals surface area (Å²) in [4.78, 5) is 26.2. The van der Waals surface area contributed by atoms with Crippen molar-refractivity contribution in [3.63, 3.8) is 0 Å². The van der Waals surface area contributed by atoms with Gasteiger partial charge in [-0.25, -0.2) is 0 Å². The van der Waals surface area contributed by atoms with Gasteiger partial charge in [0, 0.05) is 18.7 Å². The van der Waals surface area contributed by atoms with Crippen LogP contribution in [0.5, 0.6) is 0 Å². The van der Waals surface area contributed by atoms with Crippen molar-refractivity contribution in [3.05, 3.63) is 47.0 Å². The van der Waals surface area contributed by atoms with E-state index in [0.29, 0.717) is 31.4 Å². The number of carboxylic acid groups (broad SMARTS) is 1. The normalized spacial score (nSPS) is 20.5. The highest BCUT2D eigenvalue weighted by atomic mass is 16.4. The summed E-state index contributed by atoms with van der Waals surface area (Å²) >= 11 is 0. The second-order valence-corrected chi connectivity index (χ2v) is 6.76. The van der Waals surface area contributed by atoms with Crippen LogP contribution in [0.3, 0.4) is 0 Å². The zero-order valence-corrected chi connectivity index (χ0v) is 14.3. The molecule has 1 aromatic carbocycles. The standard InChI is InChI=1S/C19H25NO4/c1-14(2)8-10-19(18(23)24)9-3-11-20(13-19)17(22)16-6-4-15(12-21)5-7-16/h4-8,21H,3,9-13H2,1-2H3,(H,23,24)/t19-/m1/s1. The first-order chi connectivity index (χ1) is 11.4. The Labute approximate surface area is 142 Å². The van der Waals surface area contributed by atoms with E-state index < -0.39 is 11.4 Å². The lowest BCUT2D eigenvalue weighted by Gasteiger charge is -2.39. The number of aliphatic carboxylic acids is 1. The van der Waals surface area contributed by atoms with E-state index in [0.717, 1.165) is 11.1 Å². The fourth-order valence-electron chi connectivity index (χ4n) is 3.07. The lowest BCUT2D eigenvalue weighted by molar-refractivity contribution is -0.151. The Morgan fingerprint density at radius 3 is 2.46 bits per heavy atom. The maximum Gasteiger partial charge on any atom is 0.311 e. The molecule has 0 saturated carbocycles. The molecule has 1 heterocycles. The third-order valence-corrected chi connectivity index (χ3v) is 4.60. The van der Waals surface area contributed by atoms with Crippen LogP contribution in [0, 0.1) is 5.41 Å². The summed E-state index contributed by atoms with van der Waals surface area (Å²) in [6.07, 6.45) is 3.65. The van der Waals surface area contributed by atoms with Crippen LogP contribution in [-0.2, 0) is 11.4 Å². The van der Waals surface area contributed by atoms with Crippen molar-refractivity contribution in [1.82, 2.24) is 4.90 Å². The van der Waals surface area contributed by atoms with E-state index >= 15 is 0 Å². The van der Waals surface area contributed by atoms with Gasteiger partial charge >= 0.3 is 5.97 Å². The number of rotatable bonds is 5. The second-order valence-electron chi connectivity index (χ2n) is 6.76. The topological polar surface area (TPSA) is 77.8 Å². The van der Waals surface area contributed by atoms with Crippen molar-refractivity contribution in [2.24, 2.45) is 5.41 Å². The average Bonchev–Trinajstić information content (AvgIpc) is 2.59. The molecular formula is C19H25NO4. The number of aliphatic hydroxyl groups excluding tert-OH is 1. The van der Waals surface area contributed by atoms with Crippen molar-refractivity contribution in [2.75, 3.05) is 13.1 Å². The Morgan fingerprint density at radius 2 is 1.92 bits per heavy atom. The molecule has 0 unspecified atom stereocenters. The smallest absolute Gasteiger partial charge is 0.311 e. The summed E-state index contributed by atoms with van der Waals surface area (Å²) < 4.78 is 0. The first-order valence-corrected chi connectivity index (χ1v) is 8.24. The molecule has 1 atom stereocenters. The minimum atomic E-state index is -0.907. The van der Waals surface area contributed by atoms with E-state index in [2.05, 4.69) is 0 Å². The fraction of sp³-hybridized carbons (Fsp3) is 0.474. The number of nitrogens with zero attached hydrogens (tertiary/aromatic N) is 1. The monoisotopic (exact) mass is 331 g/mol. The third-order valence-electron chi connectivity index (χ3n) is 4.60. The molecule has 5 nitrogen and oxygen atoms in total. The van der Waals surface area contributed by atoms with E-state index in [9.17, 15) is 14.7 Å². The molecule has 2 N–H and O–H groups in total. The summed E-state index contributed by atoms with van der Waals surface area (Å²) in [7, 11) is 0. The van der Waals surface area contributed by atoms with Crippen LogP contribution in [0.4, 0.5) is 0 Å². The van der Waals surface area contributed by atoms with Gasteiger partial charge in [-0.15, -0.1) is 0 Å². The predicted octanol–water partition coefficient (Wildman–Crippen LogP) is 2.84. The van der Waals surface area contributed by atoms with Crippen LogP contribution in [0.25, 0.3) is 0 Å². The Hall–Kier alpha value is -2.14. The molecule has 1 fully saturated rings. The van der Waals surface area contributed by atoms with Gasteiger partial charge in [0.05, 0.1) is 12.0 Å². The maximum absolute atomic E-state index is 12.7. The van der Waals surface area contributed by atoms with Gasteiger partial charge in [0.25, 0.3) is 5.91 Å². The molecule has 24 heavy (non-hydrogen) atoms. The van der Waals surface area contributed by atoms with Gasteiger partial charge in [-0.2, -0.15) is 0 Å². The first-order valence-electron chi connectivity index (χ1n) is 8.24. The fourth-order valence-corrected chi connectivity index (χ4v) is 3.07. The van der Waals surface area contributed by atoms with Crippen LogP contribution in [0.2, 0.25) is 0 Å². The first kappa shape index (κ1) is 18.2. The van der Waals surface area contributed by atoms with Crippen molar-refractivity contribution in [1.29, 1.82) is 0 Å². The number of likely N-dealkylation sites (tertiary alicyclic amines) is 1. The number of hydrogen-bond donors (Lipinski definition) is 2. The summed E-state index contributed by atoms with van der Waals surface area (Å²) in [5.41, 5.74) is 1.44. The van der Waals surface area contributed by atoms with Gasteiger partial charge in [-0.3, -0.25) is 9.59 Å². The lowest BCUT2D eigenvalue weighted by atomic mass is 9.76. The van der Waals surface area contributed by atoms with E-state index in [1.165, 1.54) is 0 Å². The summed E-state index contributed by atoms with van der Waals surface area (Å²) in [5.74, 6) is -0.991. The zero-order valence-electron chi connectivity index (χ0n) is 14.3. The van der Waals surface area contributed by atoms with Crippen LogP contribution >= 0.6 is 0 Å². The number of carbonyl (C=O) groups excluding carboxylic acids is 1. The van der Waals surface area contributed by atoms with Gasteiger partial charge in [0.2, 0.25) is 0 Å². The molecular weight excluding hydrogens is 306 g/mol. The molecule has 1 aliphatic rings. The number of carboxylic acids is 1. The molecule has 0 aromatic heterocycles. The summed E-state index contributed by atoms with van der Waals surface area (Å²) in [5, 5.41) is 18.8. The van der Waals surface area contributed by atoms with Gasteiger partial charge in [0.15, 0.2) is 0 Å². The summed E-state index contributed by atoms with van der Waals surface area (Å²) in [6.45, 7) is 4.63. The van der Waals surface area contributed by atoms with Gasteiger partial charge in [-0.05, 0) is 50.8 Å².